The van der Waals surface area contributed by atoms with Crippen molar-refractivity contribution in [2.75, 3.05) is 17.2 Å². The van der Waals surface area contributed by atoms with Crippen LogP contribution in [0.3, 0.4) is 0 Å². The van der Waals surface area contributed by atoms with Gasteiger partial charge in [-0.1, -0.05) is 6.07 Å². The minimum Gasteiger partial charge on any atom is -0.370 e. The summed E-state index contributed by atoms with van der Waals surface area (Å²) in [6, 6.07) is 5.66. The summed E-state index contributed by atoms with van der Waals surface area (Å²) in [6.45, 7) is 1.16. The molecule has 0 amide bonds. The molecule has 0 saturated carbocycles. The van der Waals surface area contributed by atoms with Crippen molar-refractivity contribution in [1.29, 1.82) is 0 Å². The molecule has 0 aromatic carbocycles. The summed E-state index contributed by atoms with van der Waals surface area (Å²) in [5.41, 5.74) is 1.60. The lowest BCUT2D eigenvalue weighted by Gasteiger charge is -2.08. The molecule has 0 aliphatic carbocycles. The first-order chi connectivity index (χ1) is 13.8. The molecule has 4 rings (SSSR count). The highest BCUT2D eigenvalue weighted by Crippen LogP contribution is 2.11. The highest BCUT2D eigenvalue weighted by molar-refractivity contribution is 5.46. The molecular formula is C17H18N10O. The molecule has 0 bridgehead atoms. The Hall–Kier alpha value is -4.02. The van der Waals surface area contributed by atoms with Crippen LogP contribution in [0.2, 0.25) is 0 Å². The summed E-state index contributed by atoms with van der Waals surface area (Å²) >= 11 is 0. The van der Waals surface area contributed by atoms with E-state index in [0.29, 0.717) is 42.5 Å². The largest absolute Gasteiger partial charge is 0.370 e. The number of aromatic amines is 2. The Kier molecular flexibility index (Phi) is 5.04. The van der Waals surface area contributed by atoms with Crippen LogP contribution >= 0.6 is 0 Å². The molecule has 28 heavy (non-hydrogen) atoms. The van der Waals surface area contributed by atoms with Gasteiger partial charge in [0.25, 0.3) is 5.56 Å². The maximum atomic E-state index is 11.5. The minimum atomic E-state index is -0.102. The fraction of sp³-hybridized carbons (Fsp3) is 0.176. The summed E-state index contributed by atoms with van der Waals surface area (Å²) in [5.74, 6) is 2.08. The molecule has 0 unspecified atom stereocenters. The number of H-pyrrole nitrogens is 2. The second-order valence-corrected chi connectivity index (χ2v) is 5.95. The number of nitrogens with zero attached hydrogens (tertiary/aromatic N) is 6. The SMILES string of the molecule is O=c1[nH][nH]cc1CCNc1cc(NCc2ccc(-n3cncn3)nc2)ncn1. The van der Waals surface area contributed by atoms with Gasteiger partial charge in [-0.05, 0) is 18.1 Å². The summed E-state index contributed by atoms with van der Waals surface area (Å²) in [7, 11) is 0. The van der Waals surface area contributed by atoms with E-state index in [0.717, 1.165) is 5.56 Å². The third kappa shape index (κ3) is 4.20. The highest BCUT2D eigenvalue weighted by atomic mass is 16.1. The predicted octanol–water partition coefficient (Wildman–Crippen LogP) is 0.735. The fourth-order valence-corrected chi connectivity index (χ4v) is 2.57. The number of anilines is 2. The zero-order valence-electron chi connectivity index (χ0n) is 14.8. The first-order valence-electron chi connectivity index (χ1n) is 8.62. The Morgan fingerprint density at radius 1 is 1.07 bits per heavy atom. The van der Waals surface area contributed by atoms with E-state index in [9.17, 15) is 4.79 Å². The second kappa shape index (κ2) is 8.12. The first kappa shape index (κ1) is 17.4. The maximum Gasteiger partial charge on any atom is 0.267 e. The number of aromatic nitrogens is 8. The van der Waals surface area contributed by atoms with Crippen molar-refractivity contribution in [1.82, 2.24) is 39.9 Å². The predicted molar refractivity (Wildman–Crippen MR) is 102 cm³/mol. The van der Waals surface area contributed by atoms with E-state index in [1.807, 2.05) is 18.2 Å². The minimum absolute atomic E-state index is 0.102. The molecule has 0 saturated heterocycles. The summed E-state index contributed by atoms with van der Waals surface area (Å²) in [6.07, 6.45) is 8.59. The molecular weight excluding hydrogens is 360 g/mol. The Morgan fingerprint density at radius 2 is 1.96 bits per heavy atom. The number of hydrogen-bond donors (Lipinski definition) is 4. The lowest BCUT2D eigenvalue weighted by Crippen LogP contribution is -2.12. The van der Waals surface area contributed by atoms with Crippen LogP contribution in [0, 0.1) is 0 Å². The Balaban J connectivity index is 1.30. The van der Waals surface area contributed by atoms with E-state index in [-0.39, 0.29) is 5.56 Å². The van der Waals surface area contributed by atoms with E-state index in [4.69, 9.17) is 0 Å². The summed E-state index contributed by atoms with van der Waals surface area (Å²) in [4.78, 5) is 28.1. The average molecular weight is 378 g/mol. The molecule has 0 spiro atoms. The molecule has 0 atom stereocenters. The summed E-state index contributed by atoms with van der Waals surface area (Å²) in [5, 5.41) is 15.7. The van der Waals surface area contributed by atoms with Crippen LogP contribution in [0.15, 0.2) is 54.4 Å². The van der Waals surface area contributed by atoms with E-state index < -0.39 is 0 Å². The third-order valence-electron chi connectivity index (χ3n) is 4.03. The third-order valence-corrected chi connectivity index (χ3v) is 4.03. The lowest BCUT2D eigenvalue weighted by molar-refractivity contribution is 0.842. The van der Waals surface area contributed by atoms with E-state index >= 15 is 0 Å². The van der Waals surface area contributed by atoms with E-state index in [1.54, 1.807) is 23.4 Å². The molecule has 4 aromatic heterocycles. The van der Waals surface area contributed by atoms with Gasteiger partial charge in [0.05, 0.1) is 0 Å². The van der Waals surface area contributed by atoms with Crippen LogP contribution in [-0.2, 0) is 13.0 Å². The van der Waals surface area contributed by atoms with Crippen LogP contribution in [-0.4, -0.2) is 46.5 Å². The Bertz CT molecular complexity index is 1070. The first-order valence-corrected chi connectivity index (χ1v) is 8.62. The normalized spacial score (nSPS) is 10.7. The van der Waals surface area contributed by atoms with Gasteiger partial charge in [-0.2, -0.15) is 5.10 Å². The average Bonchev–Trinajstić information content (AvgIpc) is 3.40. The van der Waals surface area contributed by atoms with Crippen molar-refractivity contribution in [2.24, 2.45) is 0 Å². The summed E-state index contributed by atoms with van der Waals surface area (Å²) < 4.78 is 1.60. The van der Waals surface area contributed by atoms with E-state index in [2.05, 4.69) is 45.9 Å². The van der Waals surface area contributed by atoms with Gasteiger partial charge >= 0.3 is 0 Å². The monoisotopic (exact) mass is 378 g/mol. The van der Waals surface area contributed by atoms with Gasteiger partial charge in [0, 0.05) is 37.1 Å². The van der Waals surface area contributed by atoms with Crippen molar-refractivity contribution >= 4 is 11.6 Å². The van der Waals surface area contributed by atoms with Crippen LogP contribution in [0.5, 0.6) is 0 Å². The van der Waals surface area contributed by atoms with Crippen LogP contribution in [0.25, 0.3) is 5.82 Å². The second-order valence-electron chi connectivity index (χ2n) is 5.95. The fourth-order valence-electron chi connectivity index (χ4n) is 2.57. The van der Waals surface area contributed by atoms with Gasteiger partial charge in [-0.3, -0.25) is 9.89 Å². The van der Waals surface area contributed by atoms with Crippen molar-refractivity contribution in [3.05, 3.63) is 71.1 Å². The van der Waals surface area contributed by atoms with Crippen molar-refractivity contribution < 1.29 is 0 Å². The quantitative estimate of drug-likeness (QED) is 0.352. The molecule has 4 N–H and O–H groups in total. The number of pyridine rings is 1. The Morgan fingerprint density at radius 3 is 2.68 bits per heavy atom. The number of hydrogen-bond acceptors (Lipinski definition) is 8. The molecule has 0 fully saturated rings. The lowest BCUT2D eigenvalue weighted by atomic mass is 10.2. The zero-order valence-corrected chi connectivity index (χ0v) is 14.8. The van der Waals surface area contributed by atoms with Crippen molar-refractivity contribution in [3.63, 3.8) is 0 Å². The standard InChI is InChI=1S/C17H18N10O/c28-17-13(8-24-26-17)3-4-19-14-5-15(23-10-22-14)20-6-12-1-2-16(21-7-12)27-11-18-9-25-27/h1-2,5,7-11H,3-4,6H2,(H2,24,26,28)(H2,19,20,22,23). The highest BCUT2D eigenvalue weighted by Gasteiger charge is 2.03. The van der Waals surface area contributed by atoms with Crippen molar-refractivity contribution in [3.8, 4) is 5.82 Å². The van der Waals surface area contributed by atoms with E-state index in [1.165, 1.54) is 12.7 Å². The van der Waals surface area contributed by atoms with Crippen LogP contribution in [0.1, 0.15) is 11.1 Å². The molecule has 4 aromatic rings. The molecule has 142 valence electrons. The molecule has 11 heteroatoms. The van der Waals surface area contributed by atoms with Gasteiger partial charge < -0.3 is 15.7 Å². The van der Waals surface area contributed by atoms with Crippen LogP contribution < -0.4 is 16.2 Å². The molecule has 11 nitrogen and oxygen atoms in total. The van der Waals surface area contributed by atoms with Gasteiger partial charge in [0.15, 0.2) is 5.82 Å². The van der Waals surface area contributed by atoms with Crippen molar-refractivity contribution in [2.45, 2.75) is 13.0 Å². The van der Waals surface area contributed by atoms with Gasteiger partial charge in [-0.15, -0.1) is 0 Å². The molecule has 0 aliphatic rings. The maximum absolute atomic E-state index is 11.5. The number of rotatable bonds is 8. The van der Waals surface area contributed by atoms with Crippen LogP contribution in [0.4, 0.5) is 11.6 Å². The number of nitrogens with one attached hydrogen (secondary N) is 4. The van der Waals surface area contributed by atoms with Gasteiger partial charge in [-0.25, -0.2) is 24.6 Å². The van der Waals surface area contributed by atoms with Gasteiger partial charge in [0.1, 0.15) is 30.6 Å². The van der Waals surface area contributed by atoms with Gasteiger partial charge in [0.2, 0.25) is 0 Å². The smallest absolute Gasteiger partial charge is 0.267 e. The molecule has 0 aliphatic heterocycles. The zero-order chi connectivity index (χ0) is 19.2. The topological polar surface area (TPSA) is 142 Å². The molecule has 0 radical (unpaired) electrons. The molecule has 4 heterocycles. The Labute approximate surface area is 159 Å².